The standard InChI is InChI=1S/C19H21FN4O6/c20-12-3-5-13(6-4-12)22-14(25)9-21-15(26)11-30-16(27)10-24-17(28)19(23-18(24)29)7-1-2-8-19/h3-6H,1-2,7-11H2,(H,21,26)(H,22,25)(H,23,29). The summed E-state index contributed by atoms with van der Waals surface area (Å²) in [6.45, 7) is -1.65. The fourth-order valence-electron chi connectivity index (χ4n) is 3.43. The third-order valence-corrected chi connectivity index (χ3v) is 4.93. The molecule has 1 aromatic carbocycles. The van der Waals surface area contributed by atoms with E-state index in [4.69, 9.17) is 4.74 Å². The van der Waals surface area contributed by atoms with Crippen molar-refractivity contribution in [2.45, 2.75) is 31.2 Å². The Hall–Kier alpha value is -3.50. The van der Waals surface area contributed by atoms with Crippen molar-refractivity contribution in [3.63, 3.8) is 0 Å². The summed E-state index contributed by atoms with van der Waals surface area (Å²) in [5.74, 6) is -3.11. The van der Waals surface area contributed by atoms with Crippen LogP contribution in [0, 0.1) is 5.82 Å². The number of hydrogen-bond acceptors (Lipinski definition) is 6. The summed E-state index contributed by atoms with van der Waals surface area (Å²) >= 11 is 0. The fourth-order valence-corrected chi connectivity index (χ4v) is 3.43. The molecule has 0 atom stereocenters. The Balaban J connectivity index is 1.37. The van der Waals surface area contributed by atoms with E-state index in [1.165, 1.54) is 24.3 Å². The van der Waals surface area contributed by atoms with Gasteiger partial charge in [-0.15, -0.1) is 0 Å². The highest BCUT2D eigenvalue weighted by atomic mass is 19.1. The molecule has 10 nitrogen and oxygen atoms in total. The number of anilines is 1. The van der Waals surface area contributed by atoms with Crippen LogP contribution in [0.25, 0.3) is 0 Å². The number of carbonyl (C=O) groups is 5. The highest BCUT2D eigenvalue weighted by molar-refractivity contribution is 6.08. The topological polar surface area (TPSA) is 134 Å². The molecule has 1 spiro atoms. The Morgan fingerprint density at radius 3 is 2.43 bits per heavy atom. The lowest BCUT2D eigenvalue weighted by atomic mass is 9.98. The van der Waals surface area contributed by atoms with Crippen molar-refractivity contribution < 1.29 is 33.1 Å². The highest BCUT2D eigenvalue weighted by Gasteiger charge is 2.52. The van der Waals surface area contributed by atoms with Crippen molar-refractivity contribution >= 4 is 35.4 Å². The van der Waals surface area contributed by atoms with E-state index in [9.17, 15) is 28.4 Å². The Labute approximate surface area is 171 Å². The van der Waals surface area contributed by atoms with Gasteiger partial charge in [0.15, 0.2) is 6.61 Å². The van der Waals surface area contributed by atoms with Gasteiger partial charge in [-0.1, -0.05) is 12.8 Å². The summed E-state index contributed by atoms with van der Waals surface area (Å²) in [7, 11) is 0. The van der Waals surface area contributed by atoms with Crippen LogP contribution >= 0.6 is 0 Å². The second kappa shape index (κ2) is 8.89. The lowest BCUT2D eigenvalue weighted by Gasteiger charge is -2.19. The molecule has 0 aromatic heterocycles. The van der Waals surface area contributed by atoms with Gasteiger partial charge in [-0.2, -0.15) is 0 Å². The average molecular weight is 420 g/mol. The molecule has 1 heterocycles. The van der Waals surface area contributed by atoms with E-state index in [0.717, 1.165) is 17.7 Å². The van der Waals surface area contributed by atoms with Crippen molar-refractivity contribution in [1.29, 1.82) is 0 Å². The van der Waals surface area contributed by atoms with E-state index in [0.29, 0.717) is 18.5 Å². The molecule has 11 heteroatoms. The monoisotopic (exact) mass is 420 g/mol. The van der Waals surface area contributed by atoms with Gasteiger partial charge in [0.25, 0.3) is 11.8 Å². The van der Waals surface area contributed by atoms with Crippen LogP contribution in [0.5, 0.6) is 0 Å². The van der Waals surface area contributed by atoms with E-state index in [2.05, 4.69) is 16.0 Å². The summed E-state index contributed by atoms with van der Waals surface area (Å²) in [6, 6.07) is 4.42. The first kappa shape index (κ1) is 21.2. The summed E-state index contributed by atoms with van der Waals surface area (Å²) in [6.07, 6.45) is 2.70. The summed E-state index contributed by atoms with van der Waals surface area (Å²) in [4.78, 5) is 60.7. The maximum atomic E-state index is 12.8. The van der Waals surface area contributed by atoms with Gasteiger partial charge in [-0.05, 0) is 37.1 Å². The van der Waals surface area contributed by atoms with Gasteiger partial charge in [-0.3, -0.25) is 24.1 Å². The number of amides is 5. The zero-order valence-electron chi connectivity index (χ0n) is 16.0. The molecule has 0 bridgehead atoms. The quantitative estimate of drug-likeness (QED) is 0.429. The van der Waals surface area contributed by atoms with E-state index >= 15 is 0 Å². The molecular formula is C19H21FN4O6. The zero-order valence-corrected chi connectivity index (χ0v) is 16.0. The van der Waals surface area contributed by atoms with Crippen molar-refractivity contribution in [3.8, 4) is 0 Å². The molecule has 3 N–H and O–H groups in total. The van der Waals surface area contributed by atoms with E-state index in [-0.39, 0.29) is 6.54 Å². The van der Waals surface area contributed by atoms with Crippen molar-refractivity contribution in [3.05, 3.63) is 30.1 Å². The first-order chi connectivity index (χ1) is 14.3. The van der Waals surface area contributed by atoms with Gasteiger partial charge in [-0.25, -0.2) is 9.18 Å². The maximum absolute atomic E-state index is 12.8. The highest BCUT2D eigenvalue weighted by Crippen LogP contribution is 2.34. The van der Waals surface area contributed by atoms with Gasteiger partial charge < -0.3 is 20.7 Å². The molecule has 160 valence electrons. The van der Waals surface area contributed by atoms with Crippen LogP contribution in [0.4, 0.5) is 14.9 Å². The Kier molecular flexibility index (Phi) is 6.28. The van der Waals surface area contributed by atoms with Crippen LogP contribution in [0.2, 0.25) is 0 Å². The number of rotatable bonds is 7. The molecule has 1 aliphatic heterocycles. The molecule has 0 radical (unpaired) electrons. The van der Waals surface area contributed by atoms with Crippen LogP contribution in [0.3, 0.4) is 0 Å². The van der Waals surface area contributed by atoms with Crippen LogP contribution in [0.15, 0.2) is 24.3 Å². The molecule has 1 saturated carbocycles. The SMILES string of the molecule is O=C(COC(=O)CN1C(=O)NC2(CCCC2)C1=O)NCC(=O)Nc1ccc(F)cc1. The minimum atomic E-state index is -0.924. The zero-order chi connectivity index (χ0) is 21.7. The first-order valence-electron chi connectivity index (χ1n) is 9.41. The molecule has 30 heavy (non-hydrogen) atoms. The van der Waals surface area contributed by atoms with Gasteiger partial charge >= 0.3 is 12.0 Å². The lowest BCUT2D eigenvalue weighted by Crippen LogP contribution is -2.44. The van der Waals surface area contributed by atoms with Crippen LogP contribution in [0.1, 0.15) is 25.7 Å². The molecule has 1 saturated heterocycles. The summed E-state index contributed by atoms with van der Waals surface area (Å²) < 4.78 is 17.6. The minimum Gasteiger partial charge on any atom is -0.454 e. The molecule has 5 amide bonds. The fraction of sp³-hybridized carbons (Fsp3) is 0.421. The van der Waals surface area contributed by atoms with Crippen molar-refractivity contribution in [2.75, 3.05) is 25.0 Å². The third kappa shape index (κ3) is 4.91. The van der Waals surface area contributed by atoms with Crippen LogP contribution < -0.4 is 16.0 Å². The van der Waals surface area contributed by atoms with Gasteiger partial charge in [0.05, 0.1) is 6.54 Å². The smallest absolute Gasteiger partial charge is 0.326 e. The second-order valence-electron chi connectivity index (χ2n) is 7.10. The Bertz CT molecular complexity index is 866. The van der Waals surface area contributed by atoms with Crippen LogP contribution in [-0.2, 0) is 23.9 Å². The van der Waals surface area contributed by atoms with Gasteiger partial charge in [0.1, 0.15) is 17.9 Å². The van der Waals surface area contributed by atoms with E-state index in [1.54, 1.807) is 0 Å². The number of ether oxygens (including phenoxy) is 1. The third-order valence-electron chi connectivity index (χ3n) is 4.93. The molecule has 0 unspecified atom stereocenters. The molecule has 2 aliphatic rings. The number of imide groups is 1. The number of hydrogen-bond donors (Lipinski definition) is 3. The number of nitrogens with one attached hydrogen (secondary N) is 3. The number of nitrogens with zero attached hydrogens (tertiary/aromatic N) is 1. The minimum absolute atomic E-state index is 0.357. The predicted molar refractivity (Wildman–Crippen MR) is 100 cm³/mol. The number of benzene rings is 1. The maximum Gasteiger partial charge on any atom is 0.326 e. The number of halogens is 1. The Morgan fingerprint density at radius 2 is 1.77 bits per heavy atom. The first-order valence-corrected chi connectivity index (χ1v) is 9.41. The number of carbonyl (C=O) groups excluding carboxylic acids is 5. The molecule has 1 aliphatic carbocycles. The summed E-state index contributed by atoms with van der Waals surface area (Å²) in [5.41, 5.74) is -0.567. The summed E-state index contributed by atoms with van der Waals surface area (Å²) in [5, 5.41) is 7.35. The largest absolute Gasteiger partial charge is 0.454 e. The van der Waals surface area contributed by atoms with Crippen molar-refractivity contribution in [1.82, 2.24) is 15.5 Å². The van der Waals surface area contributed by atoms with E-state index < -0.39 is 54.2 Å². The van der Waals surface area contributed by atoms with Gasteiger partial charge in [0, 0.05) is 5.69 Å². The normalized spacial score (nSPS) is 17.0. The second-order valence-corrected chi connectivity index (χ2v) is 7.10. The van der Waals surface area contributed by atoms with Gasteiger partial charge in [0.2, 0.25) is 5.91 Å². The molecule has 2 fully saturated rings. The predicted octanol–water partition coefficient (Wildman–Crippen LogP) is 0.288. The number of esters is 1. The molecular weight excluding hydrogens is 399 g/mol. The molecule has 1 aromatic rings. The van der Waals surface area contributed by atoms with Crippen LogP contribution in [-0.4, -0.2) is 59.9 Å². The molecule has 3 rings (SSSR count). The van der Waals surface area contributed by atoms with Crippen molar-refractivity contribution in [2.24, 2.45) is 0 Å². The number of urea groups is 1. The lowest BCUT2D eigenvalue weighted by molar-refractivity contribution is -0.151. The Morgan fingerprint density at radius 1 is 1.10 bits per heavy atom. The average Bonchev–Trinajstić information content (AvgIpc) is 3.27. The van der Waals surface area contributed by atoms with E-state index in [1.807, 2.05) is 0 Å².